The number of rotatable bonds is 5. The molecule has 2 heterocycles. The standard InChI is InChI=1S/C42H39N2O.Pt/c1-41(2,3)34-22-32(23-35(27-34)42(4,5)6)33-25-38(44-39(26-33)36-17-10-11-18-40(36)45)31-16-12-15-30(21-31)37-24-29(19-20-43-37)28-13-8-7-9-14-28;/h7-20,22-27,45H,1-6H3;/q-1;. The summed E-state index contributed by atoms with van der Waals surface area (Å²) >= 11 is 0. The Kier molecular flexibility index (Phi) is 9.47. The first-order valence-corrected chi connectivity index (χ1v) is 15.5. The van der Waals surface area contributed by atoms with Crippen molar-refractivity contribution in [1.29, 1.82) is 0 Å². The maximum absolute atomic E-state index is 10.8. The van der Waals surface area contributed by atoms with Crippen LogP contribution in [0.4, 0.5) is 0 Å². The van der Waals surface area contributed by atoms with E-state index in [0.717, 1.165) is 44.8 Å². The Morgan fingerprint density at radius 2 is 1.09 bits per heavy atom. The van der Waals surface area contributed by atoms with Gasteiger partial charge in [0.05, 0.1) is 5.69 Å². The molecule has 0 fully saturated rings. The van der Waals surface area contributed by atoms with Gasteiger partial charge in [-0.2, -0.15) is 0 Å². The molecule has 1 N–H and O–H groups in total. The number of aromatic nitrogens is 2. The van der Waals surface area contributed by atoms with Gasteiger partial charge in [0, 0.05) is 44.2 Å². The maximum Gasteiger partial charge on any atom is 0.124 e. The van der Waals surface area contributed by atoms with E-state index in [9.17, 15) is 5.11 Å². The summed E-state index contributed by atoms with van der Waals surface area (Å²) in [5, 5.41) is 10.8. The van der Waals surface area contributed by atoms with Crippen molar-refractivity contribution < 1.29 is 26.2 Å². The zero-order chi connectivity index (χ0) is 31.8. The van der Waals surface area contributed by atoms with Gasteiger partial charge >= 0.3 is 0 Å². The maximum atomic E-state index is 10.8. The number of nitrogens with zero attached hydrogens (tertiary/aromatic N) is 2. The summed E-state index contributed by atoms with van der Waals surface area (Å²) in [6.45, 7) is 13.5. The van der Waals surface area contributed by atoms with Crippen LogP contribution in [0.2, 0.25) is 0 Å². The van der Waals surface area contributed by atoms with Crippen LogP contribution in [-0.2, 0) is 31.9 Å². The van der Waals surface area contributed by atoms with E-state index in [2.05, 4.69) is 96.1 Å². The molecular weight excluding hydrogens is 744 g/mol. The van der Waals surface area contributed by atoms with Crippen LogP contribution in [0.25, 0.3) is 56.0 Å². The number of pyridine rings is 2. The fraction of sp³-hybridized carbons (Fsp3) is 0.190. The molecule has 0 saturated heterocycles. The molecule has 6 aromatic rings. The van der Waals surface area contributed by atoms with Crippen LogP contribution < -0.4 is 0 Å². The van der Waals surface area contributed by atoms with Crippen molar-refractivity contribution >= 4 is 0 Å². The topological polar surface area (TPSA) is 46.0 Å². The number of phenols is 1. The van der Waals surface area contributed by atoms with Gasteiger partial charge in [0.2, 0.25) is 0 Å². The zero-order valence-electron chi connectivity index (χ0n) is 27.2. The molecule has 2 aromatic heterocycles. The van der Waals surface area contributed by atoms with E-state index in [1.807, 2.05) is 66.9 Å². The average Bonchev–Trinajstić information content (AvgIpc) is 3.04. The zero-order valence-corrected chi connectivity index (χ0v) is 29.5. The number of aromatic hydroxyl groups is 1. The Balaban J connectivity index is 0.00000417. The van der Waals surface area contributed by atoms with Gasteiger partial charge in [-0.3, -0.25) is 9.97 Å². The summed E-state index contributed by atoms with van der Waals surface area (Å²) in [6, 6.07) is 42.7. The minimum absolute atomic E-state index is 0. The van der Waals surface area contributed by atoms with E-state index in [1.54, 1.807) is 6.07 Å². The molecule has 0 radical (unpaired) electrons. The summed E-state index contributed by atoms with van der Waals surface area (Å²) < 4.78 is 0. The first-order chi connectivity index (χ1) is 21.5. The van der Waals surface area contributed by atoms with Crippen LogP contribution in [0.15, 0.2) is 121 Å². The molecule has 234 valence electrons. The van der Waals surface area contributed by atoms with Crippen molar-refractivity contribution in [3.8, 4) is 61.8 Å². The first-order valence-electron chi connectivity index (χ1n) is 15.5. The van der Waals surface area contributed by atoms with E-state index >= 15 is 0 Å². The summed E-state index contributed by atoms with van der Waals surface area (Å²) in [4.78, 5) is 9.78. The molecular formula is C42H39N2OPt-. The number of phenolic OH excluding ortho intramolecular Hbond substituents is 1. The van der Waals surface area contributed by atoms with Crippen molar-refractivity contribution in [1.82, 2.24) is 9.97 Å². The smallest absolute Gasteiger partial charge is 0.124 e. The van der Waals surface area contributed by atoms with E-state index in [-0.39, 0.29) is 37.6 Å². The van der Waals surface area contributed by atoms with Crippen molar-refractivity contribution in [2.24, 2.45) is 0 Å². The summed E-state index contributed by atoms with van der Waals surface area (Å²) in [7, 11) is 0. The second-order valence-electron chi connectivity index (χ2n) is 13.7. The molecule has 3 nitrogen and oxygen atoms in total. The molecule has 46 heavy (non-hydrogen) atoms. The third-order valence-corrected chi connectivity index (χ3v) is 8.22. The summed E-state index contributed by atoms with van der Waals surface area (Å²) in [5.41, 5.74) is 11.7. The Morgan fingerprint density at radius 3 is 1.74 bits per heavy atom. The third kappa shape index (κ3) is 7.22. The van der Waals surface area contributed by atoms with Crippen molar-refractivity contribution in [2.75, 3.05) is 0 Å². The Morgan fingerprint density at radius 1 is 0.522 bits per heavy atom. The van der Waals surface area contributed by atoms with E-state index in [4.69, 9.17) is 9.97 Å². The van der Waals surface area contributed by atoms with Gasteiger partial charge in [0.25, 0.3) is 0 Å². The molecule has 0 aliphatic heterocycles. The van der Waals surface area contributed by atoms with E-state index in [0.29, 0.717) is 11.3 Å². The van der Waals surface area contributed by atoms with Gasteiger partial charge < -0.3 is 5.11 Å². The van der Waals surface area contributed by atoms with Crippen LogP contribution in [0, 0.1) is 6.07 Å². The number of hydrogen-bond acceptors (Lipinski definition) is 3. The van der Waals surface area contributed by atoms with Crippen LogP contribution in [0.5, 0.6) is 5.75 Å². The van der Waals surface area contributed by atoms with Crippen LogP contribution in [0.1, 0.15) is 52.7 Å². The second kappa shape index (κ2) is 13.2. The Labute approximate surface area is 287 Å². The Bertz CT molecular complexity index is 1950. The predicted octanol–water partition coefficient (Wildman–Crippen LogP) is 10.9. The monoisotopic (exact) mass is 782 g/mol. The average molecular weight is 783 g/mol. The summed E-state index contributed by atoms with van der Waals surface area (Å²) in [5.74, 6) is 0.201. The summed E-state index contributed by atoms with van der Waals surface area (Å²) in [6.07, 6.45) is 1.85. The fourth-order valence-electron chi connectivity index (χ4n) is 5.48. The molecule has 0 unspecified atom stereocenters. The van der Waals surface area contributed by atoms with Gasteiger partial charge in [0.1, 0.15) is 5.75 Å². The minimum Gasteiger partial charge on any atom is -0.507 e. The molecule has 0 aliphatic rings. The van der Waals surface area contributed by atoms with Crippen molar-refractivity contribution in [2.45, 2.75) is 52.4 Å². The number of para-hydroxylation sites is 1. The molecule has 4 aromatic carbocycles. The largest absolute Gasteiger partial charge is 0.507 e. The fourth-order valence-corrected chi connectivity index (χ4v) is 5.48. The Hall–Kier alpha value is -4.33. The second-order valence-corrected chi connectivity index (χ2v) is 13.7. The first kappa shape index (κ1) is 33.0. The predicted molar refractivity (Wildman–Crippen MR) is 187 cm³/mol. The van der Waals surface area contributed by atoms with Crippen molar-refractivity contribution in [3.63, 3.8) is 0 Å². The van der Waals surface area contributed by atoms with Crippen LogP contribution >= 0.6 is 0 Å². The molecule has 0 amide bonds. The minimum atomic E-state index is -0.0181. The van der Waals surface area contributed by atoms with Gasteiger partial charge in [-0.25, -0.2) is 0 Å². The van der Waals surface area contributed by atoms with Crippen molar-refractivity contribution in [3.05, 3.63) is 139 Å². The normalized spacial score (nSPS) is 11.6. The van der Waals surface area contributed by atoms with Gasteiger partial charge in [-0.1, -0.05) is 125 Å². The van der Waals surface area contributed by atoms with E-state index in [1.165, 1.54) is 11.1 Å². The quantitative estimate of drug-likeness (QED) is 0.177. The molecule has 0 aliphatic carbocycles. The molecule has 0 spiro atoms. The third-order valence-electron chi connectivity index (χ3n) is 8.22. The number of benzene rings is 4. The van der Waals surface area contributed by atoms with Crippen LogP contribution in [-0.4, -0.2) is 15.1 Å². The molecule has 6 rings (SSSR count). The van der Waals surface area contributed by atoms with Gasteiger partial charge in [0.15, 0.2) is 0 Å². The molecule has 0 atom stereocenters. The van der Waals surface area contributed by atoms with Gasteiger partial charge in [-0.15, -0.1) is 24.3 Å². The molecule has 0 bridgehead atoms. The molecule has 0 saturated carbocycles. The SMILES string of the molecule is CC(C)(C)c1cc(-c2cc(-c3[c-]c(-c4cc(-c5ccccc5)ccn4)ccc3)nc(-c3ccccc3O)c2)cc(C(C)(C)C)c1.[Pt]. The number of hydrogen-bond donors (Lipinski definition) is 1. The van der Waals surface area contributed by atoms with Gasteiger partial charge in [-0.05, 0) is 68.5 Å². The van der Waals surface area contributed by atoms with Crippen LogP contribution in [0.3, 0.4) is 0 Å². The molecule has 4 heteroatoms. The van der Waals surface area contributed by atoms with E-state index < -0.39 is 0 Å².